The lowest BCUT2D eigenvalue weighted by atomic mass is 10.0. The SMILES string of the molecule is CC/C=C\C/C=C\C/C=C\C/C=C\CCCCCCCCCCCCCCCCCCCCCCCCC(=O)OC(CO)COC(=O)CCCCCCCCCCCCC/C=C\C/C=C\CCCCCCC. The van der Waals surface area contributed by atoms with Crippen LogP contribution in [0.2, 0.25) is 0 Å². The number of rotatable bonds is 58. The minimum Gasteiger partial charge on any atom is -0.462 e. The van der Waals surface area contributed by atoms with Crippen LogP contribution in [0.1, 0.15) is 322 Å². The van der Waals surface area contributed by atoms with Crippen molar-refractivity contribution in [3.8, 4) is 0 Å². The quantitative estimate of drug-likeness (QED) is 0.0373. The van der Waals surface area contributed by atoms with Gasteiger partial charge >= 0.3 is 11.9 Å². The average Bonchev–Trinajstić information content (AvgIpc) is 3.38. The summed E-state index contributed by atoms with van der Waals surface area (Å²) in [4.78, 5) is 24.6. The summed E-state index contributed by atoms with van der Waals surface area (Å²) in [5, 5.41) is 9.68. The first-order chi connectivity index (χ1) is 35.6. The van der Waals surface area contributed by atoms with Gasteiger partial charge in [-0.25, -0.2) is 0 Å². The summed E-state index contributed by atoms with van der Waals surface area (Å²) >= 11 is 0. The Hall–Kier alpha value is -2.66. The van der Waals surface area contributed by atoms with E-state index in [0.717, 1.165) is 70.6 Å². The summed E-state index contributed by atoms with van der Waals surface area (Å²) in [6.07, 6.45) is 86.2. The van der Waals surface area contributed by atoms with Gasteiger partial charge in [0.25, 0.3) is 0 Å². The molecule has 5 heteroatoms. The van der Waals surface area contributed by atoms with Crippen LogP contribution in [0, 0.1) is 0 Å². The van der Waals surface area contributed by atoms with E-state index in [1.807, 2.05) is 0 Å². The molecule has 0 amide bonds. The van der Waals surface area contributed by atoms with Crippen LogP contribution in [0.25, 0.3) is 0 Å². The molecule has 0 heterocycles. The maximum absolute atomic E-state index is 12.3. The third kappa shape index (κ3) is 59.9. The van der Waals surface area contributed by atoms with Gasteiger partial charge in [-0.1, -0.05) is 299 Å². The number of aliphatic hydroxyl groups is 1. The van der Waals surface area contributed by atoms with Crippen LogP contribution < -0.4 is 0 Å². The first-order valence-electron chi connectivity index (χ1n) is 31.5. The zero-order chi connectivity index (χ0) is 52.0. The van der Waals surface area contributed by atoms with E-state index in [4.69, 9.17) is 9.47 Å². The van der Waals surface area contributed by atoms with Crippen molar-refractivity contribution in [1.29, 1.82) is 0 Å². The van der Waals surface area contributed by atoms with Gasteiger partial charge in [-0.15, -0.1) is 0 Å². The number of hydrogen-bond donors (Lipinski definition) is 1. The maximum atomic E-state index is 12.3. The highest BCUT2D eigenvalue weighted by atomic mass is 16.6. The van der Waals surface area contributed by atoms with Gasteiger partial charge in [0.05, 0.1) is 6.61 Å². The van der Waals surface area contributed by atoms with Gasteiger partial charge in [0.15, 0.2) is 6.10 Å². The minimum atomic E-state index is -0.774. The fourth-order valence-corrected chi connectivity index (χ4v) is 9.29. The number of carbonyl (C=O) groups excluding carboxylic acids is 2. The molecule has 0 bridgehead atoms. The van der Waals surface area contributed by atoms with Crippen LogP contribution in [0.15, 0.2) is 72.9 Å². The van der Waals surface area contributed by atoms with E-state index in [1.165, 1.54) is 225 Å². The van der Waals surface area contributed by atoms with Crippen LogP contribution in [0.5, 0.6) is 0 Å². The van der Waals surface area contributed by atoms with Crippen LogP contribution in [-0.2, 0) is 19.1 Å². The molecule has 0 saturated heterocycles. The van der Waals surface area contributed by atoms with E-state index < -0.39 is 6.10 Å². The summed E-state index contributed by atoms with van der Waals surface area (Å²) in [6.45, 7) is 4.05. The Morgan fingerprint density at radius 2 is 0.597 bits per heavy atom. The van der Waals surface area contributed by atoms with Crippen LogP contribution in [-0.4, -0.2) is 36.4 Å². The molecule has 0 aliphatic heterocycles. The maximum Gasteiger partial charge on any atom is 0.306 e. The number of unbranched alkanes of at least 4 members (excludes halogenated alkanes) is 38. The van der Waals surface area contributed by atoms with E-state index in [-0.39, 0.29) is 25.2 Å². The van der Waals surface area contributed by atoms with Gasteiger partial charge in [-0.3, -0.25) is 9.59 Å². The monoisotopic (exact) mass is 1000 g/mol. The van der Waals surface area contributed by atoms with Crippen molar-refractivity contribution in [2.75, 3.05) is 13.2 Å². The molecule has 5 nitrogen and oxygen atoms in total. The molecule has 1 unspecified atom stereocenters. The van der Waals surface area contributed by atoms with Crippen molar-refractivity contribution in [3.05, 3.63) is 72.9 Å². The number of carbonyl (C=O) groups is 2. The molecule has 418 valence electrons. The Kier molecular flexibility index (Phi) is 60.3. The second kappa shape index (κ2) is 62.6. The molecule has 72 heavy (non-hydrogen) atoms. The summed E-state index contributed by atoms with van der Waals surface area (Å²) in [5.41, 5.74) is 0. The van der Waals surface area contributed by atoms with Crippen molar-refractivity contribution in [2.24, 2.45) is 0 Å². The molecule has 0 rings (SSSR count). The first-order valence-corrected chi connectivity index (χ1v) is 31.5. The number of aliphatic hydroxyl groups excluding tert-OH is 1. The van der Waals surface area contributed by atoms with Crippen LogP contribution in [0.3, 0.4) is 0 Å². The molecular formula is C67H120O5. The van der Waals surface area contributed by atoms with Gasteiger partial charge < -0.3 is 14.6 Å². The molecule has 1 N–H and O–H groups in total. The van der Waals surface area contributed by atoms with Crippen molar-refractivity contribution in [2.45, 2.75) is 328 Å². The molecule has 0 radical (unpaired) electrons. The largest absolute Gasteiger partial charge is 0.462 e. The van der Waals surface area contributed by atoms with Crippen LogP contribution >= 0.6 is 0 Å². The van der Waals surface area contributed by atoms with E-state index in [0.29, 0.717) is 12.8 Å². The Bertz CT molecular complexity index is 1270. The molecule has 0 aromatic heterocycles. The fourth-order valence-electron chi connectivity index (χ4n) is 9.29. The standard InChI is InChI=1S/C67H120O5/c1-3-5-7-9-11-13-15-17-19-21-23-25-27-28-29-30-31-32-33-34-35-36-37-38-40-42-44-46-48-50-52-54-56-58-60-62-67(70)72-65(63-68)64-71-66(69)61-59-57-55-53-51-49-47-45-43-41-39-26-24-22-20-18-16-14-12-10-8-6-4-2/h5,7,11,13,16-19,22-25,65,68H,3-4,6,8-10,12,14-15,20-21,26-64H2,1-2H3/b7-5-,13-11-,18-16-,19-17-,24-22-,25-23-. The molecule has 0 spiro atoms. The number of hydrogen-bond acceptors (Lipinski definition) is 5. The van der Waals surface area contributed by atoms with Gasteiger partial charge in [0, 0.05) is 12.8 Å². The summed E-state index contributed by atoms with van der Waals surface area (Å²) in [7, 11) is 0. The third-order valence-corrected chi connectivity index (χ3v) is 14.0. The predicted molar refractivity (Wildman–Crippen MR) is 316 cm³/mol. The van der Waals surface area contributed by atoms with E-state index in [1.54, 1.807) is 0 Å². The normalized spacial score (nSPS) is 12.7. The lowest BCUT2D eigenvalue weighted by molar-refractivity contribution is -0.161. The van der Waals surface area contributed by atoms with Gasteiger partial charge in [-0.05, 0) is 83.5 Å². The van der Waals surface area contributed by atoms with Gasteiger partial charge in [0.2, 0.25) is 0 Å². The highest BCUT2D eigenvalue weighted by molar-refractivity contribution is 5.70. The third-order valence-electron chi connectivity index (χ3n) is 14.0. The molecule has 0 saturated carbocycles. The summed E-state index contributed by atoms with van der Waals surface area (Å²) in [6, 6.07) is 0. The highest BCUT2D eigenvalue weighted by Crippen LogP contribution is 2.17. The molecule has 0 fully saturated rings. The van der Waals surface area contributed by atoms with Gasteiger partial charge in [-0.2, -0.15) is 0 Å². The second-order valence-electron chi connectivity index (χ2n) is 21.1. The zero-order valence-corrected chi connectivity index (χ0v) is 47.9. The number of allylic oxidation sites excluding steroid dienone is 12. The Balaban J connectivity index is 3.42. The summed E-state index contributed by atoms with van der Waals surface area (Å²) < 4.78 is 10.7. The highest BCUT2D eigenvalue weighted by Gasteiger charge is 2.16. The first kappa shape index (κ1) is 69.3. The second-order valence-corrected chi connectivity index (χ2v) is 21.1. The van der Waals surface area contributed by atoms with Crippen molar-refractivity contribution < 1.29 is 24.2 Å². The number of ether oxygens (including phenoxy) is 2. The van der Waals surface area contributed by atoms with Crippen LogP contribution in [0.4, 0.5) is 0 Å². The Labute approximate surface area is 448 Å². The molecule has 1 atom stereocenters. The fraction of sp³-hybridized carbons (Fsp3) is 0.791. The van der Waals surface area contributed by atoms with Crippen molar-refractivity contribution in [3.63, 3.8) is 0 Å². The lowest BCUT2D eigenvalue weighted by Crippen LogP contribution is -2.28. The zero-order valence-electron chi connectivity index (χ0n) is 47.9. The Morgan fingerprint density at radius 3 is 0.903 bits per heavy atom. The topological polar surface area (TPSA) is 72.8 Å². The average molecular weight is 1010 g/mol. The predicted octanol–water partition coefficient (Wildman–Crippen LogP) is 21.5. The number of esters is 2. The molecule has 0 aromatic rings. The summed E-state index contributed by atoms with van der Waals surface area (Å²) in [5.74, 6) is -0.578. The van der Waals surface area contributed by atoms with Crippen molar-refractivity contribution in [1.82, 2.24) is 0 Å². The lowest BCUT2D eigenvalue weighted by Gasteiger charge is -2.15. The van der Waals surface area contributed by atoms with E-state index in [9.17, 15) is 14.7 Å². The van der Waals surface area contributed by atoms with Gasteiger partial charge in [0.1, 0.15) is 6.61 Å². The molecule has 0 aliphatic rings. The van der Waals surface area contributed by atoms with E-state index >= 15 is 0 Å². The molecule has 0 aromatic carbocycles. The molecule has 0 aliphatic carbocycles. The molecular weight excluding hydrogens is 885 g/mol. The van der Waals surface area contributed by atoms with E-state index in [2.05, 4.69) is 86.8 Å². The minimum absolute atomic E-state index is 0.0646. The smallest absolute Gasteiger partial charge is 0.306 e. The van der Waals surface area contributed by atoms with Crippen molar-refractivity contribution >= 4 is 11.9 Å². The Morgan fingerprint density at radius 1 is 0.333 bits per heavy atom.